The Morgan fingerprint density at radius 2 is 2.00 bits per heavy atom. The van der Waals surface area contributed by atoms with E-state index >= 15 is 0 Å². The quantitative estimate of drug-likeness (QED) is 0.762. The summed E-state index contributed by atoms with van der Waals surface area (Å²) in [4.78, 5) is 4.40. The summed E-state index contributed by atoms with van der Waals surface area (Å²) in [6.07, 6.45) is 5.81. The Kier molecular flexibility index (Phi) is 2.71. The van der Waals surface area contributed by atoms with Crippen LogP contribution < -0.4 is 5.32 Å². The third-order valence-corrected chi connectivity index (χ3v) is 3.42. The van der Waals surface area contributed by atoms with Crippen molar-refractivity contribution in [3.63, 3.8) is 0 Å². The van der Waals surface area contributed by atoms with Crippen LogP contribution in [-0.4, -0.2) is 21.8 Å². The van der Waals surface area contributed by atoms with E-state index in [1.54, 1.807) is 0 Å². The van der Waals surface area contributed by atoms with Gasteiger partial charge in [0.15, 0.2) is 0 Å². The van der Waals surface area contributed by atoms with Gasteiger partial charge in [-0.25, -0.2) is 4.98 Å². The fraction of sp³-hybridized carbons (Fsp3) is 0.200. The Bertz CT molecular complexity index is 743. The molecule has 0 spiro atoms. The predicted molar refractivity (Wildman–Crippen MR) is 78.2 cm³/mol. The molecule has 2 aromatic heterocycles. The van der Waals surface area contributed by atoms with Gasteiger partial charge in [0.25, 0.3) is 0 Å². The zero-order valence-electron chi connectivity index (χ0n) is 11.3. The first-order chi connectivity index (χ1) is 9.19. The maximum absolute atomic E-state index is 4.40. The van der Waals surface area contributed by atoms with Crippen molar-refractivity contribution in [1.29, 1.82) is 0 Å². The van der Waals surface area contributed by atoms with E-state index in [2.05, 4.69) is 40.5 Å². The van der Waals surface area contributed by atoms with Crippen molar-refractivity contribution in [3.8, 4) is 11.1 Å². The van der Waals surface area contributed by atoms with E-state index in [0.717, 1.165) is 16.8 Å². The molecule has 0 atom stereocenters. The van der Waals surface area contributed by atoms with Crippen molar-refractivity contribution in [2.24, 2.45) is 7.05 Å². The smallest absolute Gasteiger partial charge is 0.129 e. The Labute approximate surface area is 112 Å². The van der Waals surface area contributed by atoms with E-state index in [1.807, 2.05) is 37.4 Å². The van der Waals surface area contributed by atoms with Gasteiger partial charge in [0.1, 0.15) is 5.82 Å². The summed E-state index contributed by atoms with van der Waals surface area (Å²) in [5.74, 6) is 0.927. The van der Waals surface area contributed by atoms with Gasteiger partial charge in [-0.2, -0.15) is 5.10 Å². The highest BCUT2D eigenvalue weighted by atomic mass is 15.2. The Morgan fingerprint density at radius 3 is 2.68 bits per heavy atom. The average molecular weight is 252 g/mol. The van der Waals surface area contributed by atoms with E-state index in [-0.39, 0.29) is 0 Å². The summed E-state index contributed by atoms with van der Waals surface area (Å²) in [6, 6.07) is 6.42. The average Bonchev–Trinajstić information content (AvgIpc) is 2.86. The predicted octanol–water partition coefficient (Wildman–Crippen LogP) is 2.99. The number of rotatable bonds is 2. The van der Waals surface area contributed by atoms with Crippen molar-refractivity contribution in [2.45, 2.75) is 6.92 Å². The van der Waals surface area contributed by atoms with Crippen LogP contribution in [0.4, 0.5) is 5.82 Å². The number of fused-ring (bicyclic) bond motifs is 1. The zero-order valence-corrected chi connectivity index (χ0v) is 11.3. The number of hydrogen-bond acceptors (Lipinski definition) is 3. The molecule has 0 saturated heterocycles. The van der Waals surface area contributed by atoms with Crippen molar-refractivity contribution in [1.82, 2.24) is 14.8 Å². The lowest BCUT2D eigenvalue weighted by atomic mass is 10.0. The third kappa shape index (κ3) is 1.95. The van der Waals surface area contributed by atoms with Gasteiger partial charge in [-0.3, -0.25) is 4.68 Å². The number of pyridine rings is 1. The van der Waals surface area contributed by atoms with Crippen molar-refractivity contribution >= 4 is 16.6 Å². The lowest BCUT2D eigenvalue weighted by Crippen LogP contribution is -1.96. The maximum Gasteiger partial charge on any atom is 0.129 e. The highest BCUT2D eigenvalue weighted by Crippen LogP contribution is 2.28. The molecule has 0 aliphatic carbocycles. The van der Waals surface area contributed by atoms with Crippen LogP contribution in [0.2, 0.25) is 0 Å². The van der Waals surface area contributed by atoms with E-state index < -0.39 is 0 Å². The molecule has 4 nitrogen and oxygen atoms in total. The fourth-order valence-corrected chi connectivity index (χ4v) is 2.35. The van der Waals surface area contributed by atoms with Crippen molar-refractivity contribution < 1.29 is 0 Å². The van der Waals surface area contributed by atoms with Gasteiger partial charge in [0.2, 0.25) is 0 Å². The maximum atomic E-state index is 4.40. The van der Waals surface area contributed by atoms with Crippen LogP contribution in [-0.2, 0) is 7.05 Å². The second kappa shape index (κ2) is 4.39. The number of anilines is 1. The number of aryl methyl sites for hydroxylation is 2. The highest BCUT2D eigenvalue weighted by molar-refractivity contribution is 5.91. The normalized spacial score (nSPS) is 10.9. The monoisotopic (exact) mass is 252 g/mol. The fourth-order valence-electron chi connectivity index (χ4n) is 2.35. The number of nitrogens with one attached hydrogen (secondary N) is 1. The molecule has 0 fully saturated rings. The van der Waals surface area contributed by atoms with Gasteiger partial charge in [-0.15, -0.1) is 0 Å². The zero-order chi connectivity index (χ0) is 13.4. The first-order valence-corrected chi connectivity index (χ1v) is 6.25. The van der Waals surface area contributed by atoms with E-state index in [1.165, 1.54) is 16.5 Å². The van der Waals surface area contributed by atoms with Crippen LogP contribution >= 0.6 is 0 Å². The van der Waals surface area contributed by atoms with Gasteiger partial charge in [0.05, 0.1) is 6.20 Å². The molecule has 2 heterocycles. The van der Waals surface area contributed by atoms with E-state index in [4.69, 9.17) is 0 Å². The number of aromatic nitrogens is 3. The van der Waals surface area contributed by atoms with Crippen LogP contribution in [0.15, 0.2) is 36.8 Å². The topological polar surface area (TPSA) is 42.7 Å². The standard InChI is InChI=1S/C15H16N4/c1-10-14-6-11(13-8-18-19(3)9-13)4-5-12(14)7-17-15(10)16-2/h4-9H,1-3H3,(H,16,17). The summed E-state index contributed by atoms with van der Waals surface area (Å²) in [6.45, 7) is 2.09. The molecule has 0 aliphatic heterocycles. The summed E-state index contributed by atoms with van der Waals surface area (Å²) in [7, 11) is 3.82. The van der Waals surface area contributed by atoms with Crippen LogP contribution in [0, 0.1) is 6.92 Å². The van der Waals surface area contributed by atoms with Gasteiger partial charge in [-0.1, -0.05) is 12.1 Å². The Balaban J connectivity index is 2.21. The SMILES string of the molecule is CNc1ncc2ccc(-c3cnn(C)c3)cc2c1C. The minimum Gasteiger partial charge on any atom is -0.373 e. The molecule has 0 saturated carbocycles. The Hall–Kier alpha value is -2.36. The number of hydrogen-bond donors (Lipinski definition) is 1. The molecule has 1 aromatic carbocycles. The molecule has 0 unspecified atom stereocenters. The number of nitrogens with zero attached hydrogens (tertiary/aromatic N) is 3. The van der Waals surface area contributed by atoms with Gasteiger partial charge < -0.3 is 5.32 Å². The summed E-state index contributed by atoms with van der Waals surface area (Å²) in [5, 5.41) is 9.72. The molecular formula is C15H16N4. The molecule has 0 amide bonds. The molecule has 4 heteroatoms. The van der Waals surface area contributed by atoms with Crippen LogP contribution in [0.3, 0.4) is 0 Å². The highest BCUT2D eigenvalue weighted by Gasteiger charge is 2.06. The molecule has 3 aromatic rings. The van der Waals surface area contributed by atoms with Crippen LogP contribution in [0.25, 0.3) is 21.9 Å². The van der Waals surface area contributed by atoms with E-state index in [0.29, 0.717) is 0 Å². The minimum absolute atomic E-state index is 0.927. The van der Waals surface area contributed by atoms with Crippen LogP contribution in [0.1, 0.15) is 5.56 Å². The summed E-state index contributed by atoms with van der Waals surface area (Å²) >= 11 is 0. The lowest BCUT2D eigenvalue weighted by molar-refractivity contribution is 0.768. The molecule has 0 bridgehead atoms. The van der Waals surface area contributed by atoms with Gasteiger partial charge in [0, 0.05) is 37.4 Å². The van der Waals surface area contributed by atoms with E-state index in [9.17, 15) is 0 Å². The summed E-state index contributed by atoms with van der Waals surface area (Å²) < 4.78 is 1.82. The van der Waals surface area contributed by atoms with Gasteiger partial charge in [-0.05, 0) is 29.5 Å². The van der Waals surface area contributed by atoms with Crippen LogP contribution in [0.5, 0.6) is 0 Å². The first-order valence-electron chi connectivity index (χ1n) is 6.25. The second-order valence-electron chi connectivity index (χ2n) is 4.69. The van der Waals surface area contributed by atoms with Crippen molar-refractivity contribution in [3.05, 3.63) is 42.4 Å². The molecule has 0 aliphatic rings. The summed E-state index contributed by atoms with van der Waals surface area (Å²) in [5.41, 5.74) is 3.48. The van der Waals surface area contributed by atoms with Crippen molar-refractivity contribution in [2.75, 3.05) is 12.4 Å². The third-order valence-electron chi connectivity index (χ3n) is 3.42. The second-order valence-corrected chi connectivity index (χ2v) is 4.69. The molecule has 19 heavy (non-hydrogen) atoms. The first kappa shape index (κ1) is 11.7. The Morgan fingerprint density at radius 1 is 1.16 bits per heavy atom. The minimum atomic E-state index is 0.927. The molecule has 0 radical (unpaired) electrons. The number of benzene rings is 1. The largest absolute Gasteiger partial charge is 0.373 e. The van der Waals surface area contributed by atoms with Gasteiger partial charge >= 0.3 is 0 Å². The molecular weight excluding hydrogens is 236 g/mol. The molecule has 96 valence electrons. The molecule has 1 N–H and O–H groups in total. The molecule has 3 rings (SSSR count). The lowest BCUT2D eigenvalue weighted by Gasteiger charge is -2.09.